The molecule has 0 aliphatic rings. The molecular formula is C10H9IN2O. The molecule has 0 saturated carbocycles. The first-order valence-corrected chi connectivity index (χ1v) is 5.18. The van der Waals surface area contributed by atoms with Crippen molar-refractivity contribution in [3.8, 4) is 6.07 Å². The number of carbonyl (C=O) groups excluding carboxylic acids is 1. The minimum Gasteiger partial charge on any atom is -0.370 e. The van der Waals surface area contributed by atoms with Crippen molar-refractivity contribution in [3.05, 3.63) is 32.9 Å². The van der Waals surface area contributed by atoms with Crippen LogP contribution in [0.1, 0.15) is 17.5 Å². The van der Waals surface area contributed by atoms with Crippen molar-refractivity contribution in [1.29, 1.82) is 5.26 Å². The van der Waals surface area contributed by atoms with Gasteiger partial charge in [-0.3, -0.25) is 4.79 Å². The molecule has 3 nitrogen and oxygen atoms in total. The Hall–Kier alpha value is -1.09. The van der Waals surface area contributed by atoms with E-state index in [4.69, 9.17) is 11.0 Å². The predicted molar refractivity (Wildman–Crippen MR) is 61.4 cm³/mol. The summed E-state index contributed by atoms with van der Waals surface area (Å²) in [7, 11) is 0. The summed E-state index contributed by atoms with van der Waals surface area (Å²) < 4.78 is 0.924. The lowest BCUT2D eigenvalue weighted by atomic mass is 10.1. The van der Waals surface area contributed by atoms with Gasteiger partial charge in [-0.15, -0.1) is 0 Å². The van der Waals surface area contributed by atoms with Crippen LogP contribution >= 0.6 is 22.6 Å². The summed E-state index contributed by atoms with van der Waals surface area (Å²) in [5.74, 6) is -0.318. The zero-order chi connectivity index (χ0) is 10.6. The maximum atomic E-state index is 10.5. The van der Waals surface area contributed by atoms with E-state index >= 15 is 0 Å². The lowest BCUT2D eigenvalue weighted by Gasteiger charge is -2.01. The summed E-state index contributed by atoms with van der Waals surface area (Å²) in [5, 5.41) is 8.77. The predicted octanol–water partition coefficient (Wildman–Crippen LogP) is 1.58. The molecule has 0 spiro atoms. The molecule has 0 atom stereocenters. The number of amides is 1. The first kappa shape index (κ1) is 11.0. The van der Waals surface area contributed by atoms with Gasteiger partial charge < -0.3 is 5.73 Å². The van der Waals surface area contributed by atoms with Crippen LogP contribution in [0.2, 0.25) is 0 Å². The summed E-state index contributed by atoms with van der Waals surface area (Å²) in [6.07, 6.45) is 0.923. The number of aryl methyl sites for hydroxylation is 1. The largest absolute Gasteiger partial charge is 0.370 e. The number of nitrogens with two attached hydrogens (primary N) is 1. The first-order chi connectivity index (χ1) is 6.63. The highest BCUT2D eigenvalue weighted by atomic mass is 127. The monoisotopic (exact) mass is 300 g/mol. The molecule has 4 heteroatoms. The van der Waals surface area contributed by atoms with Gasteiger partial charge in [0.1, 0.15) is 6.07 Å². The lowest BCUT2D eigenvalue weighted by molar-refractivity contribution is -0.117. The average Bonchev–Trinajstić information content (AvgIpc) is 2.16. The number of hydrogen-bond donors (Lipinski definition) is 1. The molecule has 0 aromatic heterocycles. The standard InChI is InChI=1S/C10H9IN2O/c11-9-3-1-7(2-4-10(13)14)5-8(9)6-12/h1,3,5H,2,4H2,(H2,13,14). The van der Waals surface area contributed by atoms with Gasteiger partial charge in [0.25, 0.3) is 0 Å². The zero-order valence-corrected chi connectivity index (χ0v) is 9.61. The minimum absolute atomic E-state index is 0.318. The third-order valence-electron chi connectivity index (χ3n) is 1.81. The Labute approximate surface area is 96.0 Å². The quantitative estimate of drug-likeness (QED) is 0.861. The maximum absolute atomic E-state index is 10.5. The Bertz CT molecular complexity index is 396. The van der Waals surface area contributed by atoms with E-state index in [1.165, 1.54) is 0 Å². The SMILES string of the molecule is N#Cc1cc(CCC(N)=O)ccc1I. The van der Waals surface area contributed by atoms with Gasteiger partial charge in [-0.05, 0) is 46.7 Å². The molecule has 1 aromatic carbocycles. The lowest BCUT2D eigenvalue weighted by Crippen LogP contribution is -2.11. The fourth-order valence-electron chi connectivity index (χ4n) is 1.08. The van der Waals surface area contributed by atoms with Crippen LogP contribution in [0.15, 0.2) is 18.2 Å². The van der Waals surface area contributed by atoms with Gasteiger partial charge in [0.15, 0.2) is 0 Å². The minimum atomic E-state index is -0.318. The summed E-state index contributed by atoms with van der Waals surface area (Å²) in [4.78, 5) is 10.5. The van der Waals surface area contributed by atoms with Crippen LogP contribution in [0.3, 0.4) is 0 Å². The number of nitriles is 1. The fraction of sp³-hybridized carbons (Fsp3) is 0.200. The van der Waals surface area contributed by atoms with Crippen LogP contribution in [0.25, 0.3) is 0 Å². The van der Waals surface area contributed by atoms with E-state index in [1.54, 1.807) is 6.07 Å². The molecule has 0 unspecified atom stereocenters. The van der Waals surface area contributed by atoms with Crippen molar-refractivity contribution in [2.24, 2.45) is 5.73 Å². The van der Waals surface area contributed by atoms with Crippen LogP contribution in [0.4, 0.5) is 0 Å². The molecule has 0 aliphatic carbocycles. The molecule has 0 radical (unpaired) electrons. The molecule has 2 N–H and O–H groups in total. The molecule has 0 bridgehead atoms. The number of carbonyl (C=O) groups is 1. The molecule has 1 amide bonds. The Morgan fingerprint density at radius 1 is 1.57 bits per heavy atom. The highest BCUT2D eigenvalue weighted by Gasteiger charge is 2.02. The van der Waals surface area contributed by atoms with Gasteiger partial charge in [-0.1, -0.05) is 6.07 Å². The maximum Gasteiger partial charge on any atom is 0.217 e. The van der Waals surface area contributed by atoms with Gasteiger partial charge in [0, 0.05) is 9.99 Å². The van der Waals surface area contributed by atoms with E-state index in [2.05, 4.69) is 28.7 Å². The van der Waals surface area contributed by atoms with Crippen LogP contribution < -0.4 is 5.73 Å². The molecule has 0 saturated heterocycles. The molecule has 0 fully saturated rings. The van der Waals surface area contributed by atoms with Gasteiger partial charge in [0.05, 0.1) is 5.56 Å². The second kappa shape index (κ2) is 4.96. The first-order valence-electron chi connectivity index (χ1n) is 4.10. The molecule has 72 valence electrons. The van der Waals surface area contributed by atoms with Crippen LogP contribution in [0, 0.1) is 14.9 Å². The zero-order valence-electron chi connectivity index (χ0n) is 7.46. The third-order valence-corrected chi connectivity index (χ3v) is 2.75. The highest BCUT2D eigenvalue weighted by molar-refractivity contribution is 14.1. The van der Waals surface area contributed by atoms with Gasteiger partial charge >= 0.3 is 0 Å². The molecule has 14 heavy (non-hydrogen) atoms. The number of halogens is 1. The molecular weight excluding hydrogens is 291 g/mol. The summed E-state index contributed by atoms with van der Waals surface area (Å²) in [6.45, 7) is 0. The van der Waals surface area contributed by atoms with Crippen LogP contribution in [-0.4, -0.2) is 5.91 Å². The van der Waals surface area contributed by atoms with Crippen molar-refractivity contribution in [2.45, 2.75) is 12.8 Å². The third kappa shape index (κ3) is 3.00. The fourth-order valence-corrected chi connectivity index (χ4v) is 1.54. The van der Waals surface area contributed by atoms with Gasteiger partial charge in [0.2, 0.25) is 5.91 Å². The van der Waals surface area contributed by atoms with Crippen molar-refractivity contribution >= 4 is 28.5 Å². The summed E-state index contributed by atoms with van der Waals surface area (Å²) in [5.41, 5.74) is 6.65. The number of hydrogen-bond acceptors (Lipinski definition) is 2. The highest BCUT2D eigenvalue weighted by Crippen LogP contribution is 2.14. The Kier molecular flexibility index (Phi) is 3.89. The van der Waals surface area contributed by atoms with E-state index in [1.807, 2.05) is 12.1 Å². The van der Waals surface area contributed by atoms with Crippen molar-refractivity contribution in [3.63, 3.8) is 0 Å². The van der Waals surface area contributed by atoms with Gasteiger partial charge in [-0.25, -0.2) is 0 Å². The number of rotatable bonds is 3. The second-order valence-electron chi connectivity index (χ2n) is 2.89. The molecule has 0 heterocycles. The number of benzene rings is 1. The second-order valence-corrected chi connectivity index (χ2v) is 4.05. The Morgan fingerprint density at radius 2 is 2.29 bits per heavy atom. The molecule has 0 aliphatic heterocycles. The Balaban J connectivity index is 2.80. The van der Waals surface area contributed by atoms with E-state index in [-0.39, 0.29) is 5.91 Å². The van der Waals surface area contributed by atoms with E-state index in [0.717, 1.165) is 9.13 Å². The van der Waals surface area contributed by atoms with E-state index in [9.17, 15) is 4.79 Å². The van der Waals surface area contributed by atoms with Crippen molar-refractivity contribution in [1.82, 2.24) is 0 Å². The van der Waals surface area contributed by atoms with Crippen LogP contribution in [0.5, 0.6) is 0 Å². The number of nitrogens with zero attached hydrogens (tertiary/aromatic N) is 1. The topological polar surface area (TPSA) is 66.9 Å². The van der Waals surface area contributed by atoms with E-state index in [0.29, 0.717) is 18.4 Å². The smallest absolute Gasteiger partial charge is 0.217 e. The van der Waals surface area contributed by atoms with Crippen molar-refractivity contribution < 1.29 is 4.79 Å². The van der Waals surface area contributed by atoms with E-state index < -0.39 is 0 Å². The molecule has 1 aromatic rings. The number of primary amides is 1. The van der Waals surface area contributed by atoms with Gasteiger partial charge in [-0.2, -0.15) is 5.26 Å². The molecule has 1 rings (SSSR count). The summed E-state index contributed by atoms with van der Waals surface area (Å²) >= 11 is 2.10. The normalized spacial score (nSPS) is 9.43. The average molecular weight is 300 g/mol. The van der Waals surface area contributed by atoms with Crippen molar-refractivity contribution in [2.75, 3.05) is 0 Å². The Morgan fingerprint density at radius 3 is 2.86 bits per heavy atom. The summed E-state index contributed by atoms with van der Waals surface area (Å²) in [6, 6.07) is 7.67. The van der Waals surface area contributed by atoms with Crippen LogP contribution in [-0.2, 0) is 11.2 Å².